The molecule has 1 heterocycles. The molecular formula is C15H29N3. The average molecular weight is 251 g/mol. The van der Waals surface area contributed by atoms with Gasteiger partial charge in [-0.15, -0.1) is 0 Å². The zero-order valence-corrected chi connectivity index (χ0v) is 12.8. The van der Waals surface area contributed by atoms with Gasteiger partial charge < -0.3 is 5.32 Å². The maximum absolute atomic E-state index is 4.54. The molecule has 3 heteroatoms. The monoisotopic (exact) mass is 251 g/mol. The van der Waals surface area contributed by atoms with Crippen molar-refractivity contribution >= 4 is 0 Å². The van der Waals surface area contributed by atoms with E-state index in [0.29, 0.717) is 6.04 Å². The summed E-state index contributed by atoms with van der Waals surface area (Å²) in [5, 5.41) is 7.99. The quantitative estimate of drug-likeness (QED) is 0.803. The van der Waals surface area contributed by atoms with Crippen LogP contribution in [0.1, 0.15) is 58.0 Å². The Balaban J connectivity index is 2.76. The minimum atomic E-state index is 0.417. The molecule has 0 aliphatic carbocycles. The number of hydrogen-bond acceptors (Lipinski definition) is 2. The van der Waals surface area contributed by atoms with Crippen LogP contribution in [0, 0.1) is 18.8 Å². The van der Waals surface area contributed by atoms with E-state index in [1.54, 1.807) is 0 Å². The minimum absolute atomic E-state index is 0.417. The van der Waals surface area contributed by atoms with Gasteiger partial charge in [-0.2, -0.15) is 5.10 Å². The highest BCUT2D eigenvalue weighted by Crippen LogP contribution is 2.25. The van der Waals surface area contributed by atoms with Crippen LogP contribution < -0.4 is 5.32 Å². The van der Waals surface area contributed by atoms with E-state index in [-0.39, 0.29) is 0 Å². The lowest BCUT2D eigenvalue weighted by Crippen LogP contribution is -2.22. The molecule has 1 aromatic heterocycles. The SMILES string of the molecule is CCn1nc(C)cc1C(CC(C)CC(C)C)NC. The Labute approximate surface area is 112 Å². The van der Waals surface area contributed by atoms with Gasteiger partial charge in [-0.25, -0.2) is 0 Å². The lowest BCUT2D eigenvalue weighted by Gasteiger charge is -2.22. The molecular weight excluding hydrogens is 222 g/mol. The normalized spacial score (nSPS) is 15.1. The first-order valence-corrected chi connectivity index (χ1v) is 7.19. The van der Waals surface area contributed by atoms with Crippen molar-refractivity contribution in [2.24, 2.45) is 11.8 Å². The molecule has 0 amide bonds. The molecule has 0 aromatic carbocycles. The Morgan fingerprint density at radius 2 is 1.94 bits per heavy atom. The van der Waals surface area contributed by atoms with E-state index in [4.69, 9.17) is 0 Å². The van der Waals surface area contributed by atoms with E-state index in [9.17, 15) is 0 Å². The Bertz CT molecular complexity index is 355. The molecule has 1 rings (SSSR count). The second kappa shape index (κ2) is 6.93. The van der Waals surface area contributed by atoms with Crippen LogP contribution in [0.3, 0.4) is 0 Å². The van der Waals surface area contributed by atoms with Crippen LogP contribution in [0.4, 0.5) is 0 Å². The number of nitrogens with one attached hydrogen (secondary N) is 1. The van der Waals surface area contributed by atoms with Crippen molar-refractivity contribution in [1.29, 1.82) is 0 Å². The number of hydrogen-bond donors (Lipinski definition) is 1. The molecule has 0 bridgehead atoms. The van der Waals surface area contributed by atoms with Crippen LogP contribution in [-0.2, 0) is 6.54 Å². The first kappa shape index (κ1) is 15.2. The van der Waals surface area contributed by atoms with Crippen molar-refractivity contribution in [2.75, 3.05) is 7.05 Å². The van der Waals surface area contributed by atoms with Crippen LogP contribution in [0.5, 0.6) is 0 Å². The van der Waals surface area contributed by atoms with Crippen LogP contribution in [0.2, 0.25) is 0 Å². The first-order valence-electron chi connectivity index (χ1n) is 7.19. The number of rotatable bonds is 7. The van der Waals surface area contributed by atoms with E-state index in [1.807, 2.05) is 0 Å². The molecule has 1 aromatic rings. The molecule has 1 N–H and O–H groups in total. The third-order valence-electron chi connectivity index (χ3n) is 3.45. The van der Waals surface area contributed by atoms with Crippen LogP contribution >= 0.6 is 0 Å². The summed E-state index contributed by atoms with van der Waals surface area (Å²) in [5.41, 5.74) is 2.44. The van der Waals surface area contributed by atoms with Gasteiger partial charge in [0.05, 0.1) is 11.4 Å². The fraction of sp³-hybridized carbons (Fsp3) is 0.800. The summed E-state index contributed by atoms with van der Waals surface area (Å²) >= 11 is 0. The molecule has 3 nitrogen and oxygen atoms in total. The predicted octanol–water partition coefficient (Wildman–Crippen LogP) is 3.54. The van der Waals surface area contributed by atoms with E-state index < -0.39 is 0 Å². The molecule has 0 aliphatic rings. The van der Waals surface area contributed by atoms with Crippen molar-refractivity contribution < 1.29 is 0 Å². The zero-order valence-electron chi connectivity index (χ0n) is 12.8. The van der Waals surface area contributed by atoms with Crippen molar-refractivity contribution in [3.8, 4) is 0 Å². The van der Waals surface area contributed by atoms with Gasteiger partial charge in [0.2, 0.25) is 0 Å². The van der Waals surface area contributed by atoms with E-state index in [1.165, 1.54) is 18.5 Å². The maximum Gasteiger partial charge on any atom is 0.0597 e. The van der Waals surface area contributed by atoms with Crippen LogP contribution in [0.15, 0.2) is 6.07 Å². The smallest absolute Gasteiger partial charge is 0.0597 e. The van der Waals surface area contributed by atoms with E-state index >= 15 is 0 Å². The molecule has 0 saturated heterocycles. The van der Waals surface area contributed by atoms with Gasteiger partial charge in [-0.1, -0.05) is 20.8 Å². The highest BCUT2D eigenvalue weighted by molar-refractivity contribution is 5.13. The molecule has 0 spiro atoms. The molecule has 0 radical (unpaired) electrons. The third-order valence-corrected chi connectivity index (χ3v) is 3.45. The average Bonchev–Trinajstić information content (AvgIpc) is 2.66. The molecule has 104 valence electrons. The summed E-state index contributed by atoms with van der Waals surface area (Å²) in [6.45, 7) is 12.1. The van der Waals surface area contributed by atoms with E-state index in [2.05, 4.69) is 62.8 Å². The van der Waals surface area contributed by atoms with Crippen molar-refractivity contribution in [1.82, 2.24) is 15.1 Å². The highest BCUT2D eigenvalue weighted by atomic mass is 15.3. The van der Waals surface area contributed by atoms with Crippen LogP contribution in [0.25, 0.3) is 0 Å². The standard InChI is InChI=1S/C15H29N3/c1-7-18-15(10-13(5)17-18)14(16-6)9-12(4)8-11(2)3/h10-12,14,16H,7-9H2,1-6H3. The molecule has 18 heavy (non-hydrogen) atoms. The highest BCUT2D eigenvalue weighted by Gasteiger charge is 2.18. The van der Waals surface area contributed by atoms with Gasteiger partial charge in [0.25, 0.3) is 0 Å². The van der Waals surface area contributed by atoms with Crippen molar-refractivity contribution in [2.45, 2.75) is 60.0 Å². The van der Waals surface area contributed by atoms with Gasteiger partial charge in [0.15, 0.2) is 0 Å². The molecule has 2 atom stereocenters. The third kappa shape index (κ3) is 4.13. The van der Waals surface area contributed by atoms with Gasteiger partial charge in [0.1, 0.15) is 0 Å². The summed E-state index contributed by atoms with van der Waals surface area (Å²) in [6, 6.07) is 2.63. The Morgan fingerprint density at radius 3 is 2.44 bits per heavy atom. The van der Waals surface area contributed by atoms with Gasteiger partial charge >= 0.3 is 0 Å². The Hall–Kier alpha value is -0.830. The molecule has 2 unspecified atom stereocenters. The molecule has 0 aliphatic heterocycles. The fourth-order valence-corrected chi connectivity index (χ4v) is 2.79. The summed E-state index contributed by atoms with van der Waals surface area (Å²) in [6.07, 6.45) is 2.47. The lowest BCUT2D eigenvalue weighted by molar-refractivity contribution is 0.355. The summed E-state index contributed by atoms with van der Waals surface area (Å²) in [7, 11) is 2.05. The molecule has 0 saturated carbocycles. The number of nitrogens with zero attached hydrogens (tertiary/aromatic N) is 2. The Morgan fingerprint density at radius 1 is 1.28 bits per heavy atom. The summed E-state index contributed by atoms with van der Waals surface area (Å²) in [4.78, 5) is 0. The van der Waals surface area contributed by atoms with Crippen molar-refractivity contribution in [3.63, 3.8) is 0 Å². The predicted molar refractivity (Wildman–Crippen MR) is 77.7 cm³/mol. The fourth-order valence-electron chi connectivity index (χ4n) is 2.79. The van der Waals surface area contributed by atoms with Crippen molar-refractivity contribution in [3.05, 3.63) is 17.5 Å². The van der Waals surface area contributed by atoms with Gasteiger partial charge in [0, 0.05) is 12.6 Å². The summed E-state index contributed by atoms with van der Waals surface area (Å²) < 4.78 is 2.12. The maximum atomic E-state index is 4.54. The Kier molecular flexibility index (Phi) is 5.86. The first-order chi connectivity index (χ1) is 8.47. The van der Waals surface area contributed by atoms with E-state index in [0.717, 1.165) is 24.1 Å². The minimum Gasteiger partial charge on any atom is -0.312 e. The lowest BCUT2D eigenvalue weighted by atomic mass is 9.91. The second-order valence-electron chi connectivity index (χ2n) is 5.84. The number of aryl methyl sites for hydroxylation is 2. The topological polar surface area (TPSA) is 29.9 Å². The van der Waals surface area contributed by atoms with Crippen LogP contribution in [-0.4, -0.2) is 16.8 Å². The second-order valence-corrected chi connectivity index (χ2v) is 5.84. The largest absolute Gasteiger partial charge is 0.312 e. The number of aromatic nitrogens is 2. The van der Waals surface area contributed by atoms with Gasteiger partial charge in [-0.05, 0) is 51.6 Å². The summed E-state index contributed by atoms with van der Waals surface area (Å²) in [5.74, 6) is 1.51. The van der Waals surface area contributed by atoms with Gasteiger partial charge in [-0.3, -0.25) is 4.68 Å². The zero-order chi connectivity index (χ0) is 13.7. The molecule has 0 fully saturated rings.